The van der Waals surface area contributed by atoms with Crippen LogP contribution < -0.4 is 5.32 Å². The van der Waals surface area contributed by atoms with Crippen molar-refractivity contribution in [2.75, 3.05) is 13.7 Å². The monoisotopic (exact) mass is 253 g/mol. The number of nitrogens with zero attached hydrogens (tertiary/aromatic N) is 2. The topological polar surface area (TPSA) is 39.1 Å². The van der Waals surface area contributed by atoms with Crippen LogP contribution in [0.5, 0.6) is 0 Å². The van der Waals surface area contributed by atoms with E-state index in [-0.39, 0.29) is 5.41 Å². The highest BCUT2D eigenvalue weighted by atomic mass is 16.5. The lowest BCUT2D eigenvalue weighted by Crippen LogP contribution is -2.32. The van der Waals surface area contributed by atoms with E-state index in [9.17, 15) is 0 Å². The molecule has 0 aliphatic heterocycles. The summed E-state index contributed by atoms with van der Waals surface area (Å²) in [6.07, 6.45) is 3.17. The summed E-state index contributed by atoms with van der Waals surface area (Å²) in [5.41, 5.74) is 2.53. The van der Waals surface area contributed by atoms with Crippen LogP contribution in [0.1, 0.15) is 45.4 Å². The van der Waals surface area contributed by atoms with E-state index in [1.165, 1.54) is 11.3 Å². The van der Waals surface area contributed by atoms with Crippen molar-refractivity contribution in [2.24, 2.45) is 7.05 Å². The van der Waals surface area contributed by atoms with Gasteiger partial charge in [-0.05, 0) is 6.42 Å². The molecule has 18 heavy (non-hydrogen) atoms. The van der Waals surface area contributed by atoms with Crippen LogP contribution in [-0.4, -0.2) is 29.5 Å². The molecule has 0 saturated heterocycles. The standard InChI is InChI=1S/C14H27N3O/c1-7-12(10-18-6)15-8-11-9-17(5)16-13(11)14(2,3)4/h9,12,15H,7-8,10H2,1-6H3. The lowest BCUT2D eigenvalue weighted by molar-refractivity contribution is 0.163. The van der Waals surface area contributed by atoms with Crippen molar-refractivity contribution in [3.63, 3.8) is 0 Å². The Bertz CT molecular complexity index is 366. The molecule has 4 heteroatoms. The molecule has 0 aromatic carbocycles. The Morgan fingerprint density at radius 3 is 2.61 bits per heavy atom. The van der Waals surface area contributed by atoms with Crippen molar-refractivity contribution in [1.29, 1.82) is 0 Å². The molecule has 1 atom stereocenters. The summed E-state index contributed by atoms with van der Waals surface area (Å²) in [7, 11) is 3.72. The smallest absolute Gasteiger partial charge is 0.0722 e. The van der Waals surface area contributed by atoms with Crippen LogP contribution in [0.4, 0.5) is 0 Å². The van der Waals surface area contributed by atoms with E-state index in [0.29, 0.717) is 6.04 Å². The van der Waals surface area contributed by atoms with E-state index in [2.05, 4.69) is 44.3 Å². The van der Waals surface area contributed by atoms with E-state index < -0.39 is 0 Å². The van der Waals surface area contributed by atoms with Crippen LogP contribution >= 0.6 is 0 Å². The zero-order chi connectivity index (χ0) is 13.8. The van der Waals surface area contributed by atoms with Crippen LogP contribution in [0.2, 0.25) is 0 Å². The minimum Gasteiger partial charge on any atom is -0.383 e. The molecule has 1 aromatic rings. The van der Waals surface area contributed by atoms with E-state index in [0.717, 1.165) is 19.6 Å². The number of hydrogen-bond donors (Lipinski definition) is 1. The van der Waals surface area contributed by atoms with Crippen molar-refractivity contribution >= 4 is 0 Å². The van der Waals surface area contributed by atoms with Gasteiger partial charge in [-0.3, -0.25) is 4.68 Å². The number of methoxy groups -OCH3 is 1. The molecule has 0 spiro atoms. The second-order valence-electron chi connectivity index (χ2n) is 5.87. The van der Waals surface area contributed by atoms with Gasteiger partial charge in [0, 0.05) is 43.9 Å². The molecule has 104 valence electrons. The van der Waals surface area contributed by atoms with Gasteiger partial charge in [-0.15, -0.1) is 0 Å². The van der Waals surface area contributed by atoms with E-state index >= 15 is 0 Å². The summed E-state index contributed by atoms with van der Waals surface area (Å²) in [5.74, 6) is 0. The van der Waals surface area contributed by atoms with E-state index in [1.807, 2.05) is 11.7 Å². The average Bonchev–Trinajstić information content (AvgIpc) is 2.65. The van der Waals surface area contributed by atoms with Crippen LogP contribution in [0.25, 0.3) is 0 Å². The summed E-state index contributed by atoms with van der Waals surface area (Å²) in [6, 6.07) is 0.406. The summed E-state index contributed by atoms with van der Waals surface area (Å²) in [6.45, 7) is 10.4. The second kappa shape index (κ2) is 6.34. The van der Waals surface area contributed by atoms with E-state index in [1.54, 1.807) is 7.11 Å². The molecule has 1 heterocycles. The first-order valence-electron chi connectivity index (χ1n) is 6.63. The van der Waals surface area contributed by atoms with Crippen LogP contribution in [0.3, 0.4) is 0 Å². The molecule has 0 amide bonds. The molecule has 0 fully saturated rings. The van der Waals surface area contributed by atoms with Crippen LogP contribution in [0.15, 0.2) is 6.20 Å². The Kier molecular flexibility index (Phi) is 5.35. The molecular formula is C14H27N3O. The maximum absolute atomic E-state index is 5.20. The zero-order valence-corrected chi connectivity index (χ0v) is 12.6. The first-order valence-corrected chi connectivity index (χ1v) is 6.63. The lowest BCUT2D eigenvalue weighted by Gasteiger charge is -2.20. The Labute approximate surface area is 111 Å². The third-order valence-corrected chi connectivity index (χ3v) is 3.06. The zero-order valence-electron chi connectivity index (χ0n) is 12.6. The lowest BCUT2D eigenvalue weighted by atomic mass is 9.89. The van der Waals surface area contributed by atoms with Crippen molar-refractivity contribution in [3.8, 4) is 0 Å². The third-order valence-electron chi connectivity index (χ3n) is 3.06. The van der Waals surface area contributed by atoms with Gasteiger partial charge >= 0.3 is 0 Å². The summed E-state index contributed by atoms with van der Waals surface area (Å²) in [5, 5.41) is 8.11. The molecule has 1 unspecified atom stereocenters. The Balaban J connectivity index is 2.72. The normalized spacial score (nSPS) is 13.9. The predicted molar refractivity (Wildman–Crippen MR) is 74.7 cm³/mol. The van der Waals surface area contributed by atoms with Crippen LogP contribution in [0, 0.1) is 0 Å². The molecule has 0 radical (unpaired) electrons. The van der Waals surface area contributed by atoms with Gasteiger partial charge in [0.05, 0.1) is 12.3 Å². The Morgan fingerprint density at radius 1 is 1.44 bits per heavy atom. The highest BCUT2D eigenvalue weighted by molar-refractivity contribution is 5.23. The van der Waals surface area contributed by atoms with Gasteiger partial charge in [-0.25, -0.2) is 0 Å². The van der Waals surface area contributed by atoms with Crippen molar-refractivity contribution in [1.82, 2.24) is 15.1 Å². The first-order chi connectivity index (χ1) is 8.38. The fourth-order valence-corrected chi connectivity index (χ4v) is 2.08. The van der Waals surface area contributed by atoms with Crippen molar-refractivity contribution in [2.45, 2.75) is 52.1 Å². The molecule has 0 saturated carbocycles. The van der Waals surface area contributed by atoms with Gasteiger partial charge < -0.3 is 10.1 Å². The van der Waals surface area contributed by atoms with Gasteiger partial charge in [0.1, 0.15) is 0 Å². The summed E-state index contributed by atoms with van der Waals surface area (Å²) < 4.78 is 7.10. The van der Waals surface area contributed by atoms with Crippen LogP contribution in [-0.2, 0) is 23.7 Å². The van der Waals surface area contributed by atoms with Gasteiger partial charge in [-0.2, -0.15) is 5.10 Å². The molecule has 1 rings (SSSR count). The van der Waals surface area contributed by atoms with E-state index in [4.69, 9.17) is 4.74 Å². The molecular weight excluding hydrogens is 226 g/mol. The maximum Gasteiger partial charge on any atom is 0.0722 e. The SMILES string of the molecule is CCC(COC)NCc1cn(C)nc1C(C)(C)C. The molecule has 0 bridgehead atoms. The fraction of sp³-hybridized carbons (Fsp3) is 0.786. The second-order valence-corrected chi connectivity index (χ2v) is 5.87. The summed E-state index contributed by atoms with van der Waals surface area (Å²) >= 11 is 0. The number of hydrogen-bond acceptors (Lipinski definition) is 3. The molecule has 1 N–H and O–H groups in total. The highest BCUT2D eigenvalue weighted by Crippen LogP contribution is 2.24. The quantitative estimate of drug-likeness (QED) is 0.845. The fourth-order valence-electron chi connectivity index (χ4n) is 2.08. The van der Waals surface area contributed by atoms with Gasteiger partial charge in [-0.1, -0.05) is 27.7 Å². The van der Waals surface area contributed by atoms with Crippen molar-refractivity contribution in [3.05, 3.63) is 17.5 Å². The average molecular weight is 253 g/mol. The molecule has 4 nitrogen and oxygen atoms in total. The van der Waals surface area contributed by atoms with Gasteiger partial charge in [0.15, 0.2) is 0 Å². The first kappa shape index (κ1) is 15.2. The minimum absolute atomic E-state index is 0.0846. The van der Waals surface area contributed by atoms with Gasteiger partial charge in [0.25, 0.3) is 0 Å². The highest BCUT2D eigenvalue weighted by Gasteiger charge is 2.21. The number of ether oxygens (including phenoxy) is 1. The number of rotatable bonds is 6. The third kappa shape index (κ3) is 4.10. The predicted octanol–water partition coefficient (Wildman–Crippen LogP) is 2.23. The molecule has 1 aromatic heterocycles. The Hall–Kier alpha value is -0.870. The van der Waals surface area contributed by atoms with Crippen molar-refractivity contribution < 1.29 is 4.74 Å². The minimum atomic E-state index is 0.0846. The Morgan fingerprint density at radius 2 is 2.11 bits per heavy atom. The largest absolute Gasteiger partial charge is 0.383 e. The number of nitrogens with one attached hydrogen (secondary N) is 1. The molecule has 0 aliphatic carbocycles. The number of aryl methyl sites for hydroxylation is 1. The molecule has 0 aliphatic rings. The number of aromatic nitrogens is 2. The summed E-state index contributed by atoms with van der Waals surface area (Å²) in [4.78, 5) is 0. The maximum atomic E-state index is 5.20. The van der Waals surface area contributed by atoms with Gasteiger partial charge in [0.2, 0.25) is 0 Å².